The van der Waals surface area contributed by atoms with Gasteiger partial charge in [-0.15, -0.1) is 10.2 Å². The number of benzene rings is 2. The Kier molecular flexibility index (Phi) is 5.57. The summed E-state index contributed by atoms with van der Waals surface area (Å²) in [5.41, 5.74) is 4.42. The Labute approximate surface area is 171 Å². The maximum atomic E-state index is 14.6. The Bertz CT molecular complexity index is 1080. The Morgan fingerprint density at radius 2 is 1.93 bits per heavy atom. The van der Waals surface area contributed by atoms with E-state index in [1.54, 1.807) is 18.4 Å². The van der Waals surface area contributed by atoms with E-state index in [0.717, 1.165) is 12.1 Å². The molecule has 3 aromatic rings. The largest absolute Gasteiger partial charge is 0.478 e. The molecule has 0 radical (unpaired) electrons. The summed E-state index contributed by atoms with van der Waals surface area (Å²) < 4.78 is 35.5. The van der Waals surface area contributed by atoms with Gasteiger partial charge in [-0.2, -0.15) is 0 Å². The van der Waals surface area contributed by atoms with Gasteiger partial charge in [0.1, 0.15) is 17.4 Å². The second kappa shape index (κ2) is 7.79. The molecule has 6 nitrogen and oxygen atoms in total. The average molecular weight is 421 g/mol. The van der Waals surface area contributed by atoms with Crippen LogP contribution in [0, 0.1) is 11.6 Å². The lowest BCUT2D eigenvalue weighted by Crippen LogP contribution is -2.30. The van der Waals surface area contributed by atoms with Crippen molar-refractivity contribution in [1.82, 2.24) is 14.8 Å². The van der Waals surface area contributed by atoms with Crippen molar-refractivity contribution in [3.63, 3.8) is 0 Å². The van der Waals surface area contributed by atoms with E-state index in [1.807, 2.05) is 6.92 Å². The third-order valence-electron chi connectivity index (χ3n) is 4.36. The number of aromatic nitrogens is 3. The molecule has 0 saturated carbocycles. The van der Waals surface area contributed by atoms with Gasteiger partial charge in [0.2, 0.25) is 5.91 Å². The molecule has 2 N–H and O–H groups in total. The molecule has 0 fully saturated rings. The molecule has 1 aromatic heterocycles. The summed E-state index contributed by atoms with van der Waals surface area (Å²) in [6.45, 7) is 5.78. The van der Waals surface area contributed by atoms with E-state index in [2.05, 4.69) is 10.2 Å². The molecule has 0 atom stereocenters. The number of hydrogen-bond donors (Lipinski definition) is 1. The summed E-state index contributed by atoms with van der Waals surface area (Å²) in [7, 11) is 0. The molecule has 9 heteroatoms. The molecule has 152 valence electrons. The topological polar surface area (TPSA) is 83.0 Å². The van der Waals surface area contributed by atoms with Crippen molar-refractivity contribution in [1.29, 1.82) is 0 Å². The van der Waals surface area contributed by atoms with Gasteiger partial charge in [-0.25, -0.2) is 8.78 Å². The minimum absolute atomic E-state index is 0.0589. The lowest BCUT2D eigenvalue weighted by atomic mass is 10.1. The van der Waals surface area contributed by atoms with Gasteiger partial charge in [0, 0.05) is 12.1 Å². The fourth-order valence-electron chi connectivity index (χ4n) is 2.98. The molecule has 1 amide bonds. The number of amides is 1. The van der Waals surface area contributed by atoms with Crippen molar-refractivity contribution in [2.45, 2.75) is 32.9 Å². The van der Waals surface area contributed by atoms with Gasteiger partial charge in [-0.05, 0) is 57.2 Å². The van der Waals surface area contributed by atoms with Crippen LogP contribution in [0.15, 0.2) is 36.4 Å². The molecule has 2 aromatic carbocycles. The number of halogens is 3. The highest BCUT2D eigenvalue weighted by Crippen LogP contribution is 2.34. The SMILES string of the molecule is CCn1c(-c2ccc(C(N)=O)cc2F)nnc1C(C)(C)Oc1ccc(F)cc1Cl. The minimum atomic E-state index is -1.01. The van der Waals surface area contributed by atoms with E-state index in [0.29, 0.717) is 12.4 Å². The van der Waals surface area contributed by atoms with Crippen LogP contribution in [0.2, 0.25) is 5.02 Å². The first kappa shape index (κ1) is 20.7. The van der Waals surface area contributed by atoms with Crippen LogP contribution < -0.4 is 10.5 Å². The van der Waals surface area contributed by atoms with Gasteiger partial charge in [0.15, 0.2) is 17.2 Å². The van der Waals surface area contributed by atoms with Crippen LogP contribution >= 0.6 is 11.6 Å². The molecule has 29 heavy (non-hydrogen) atoms. The molecule has 0 aliphatic heterocycles. The fraction of sp³-hybridized carbons (Fsp3) is 0.250. The van der Waals surface area contributed by atoms with Crippen molar-refractivity contribution < 1.29 is 18.3 Å². The number of hydrogen-bond acceptors (Lipinski definition) is 4. The highest BCUT2D eigenvalue weighted by atomic mass is 35.5. The van der Waals surface area contributed by atoms with E-state index in [1.165, 1.54) is 24.3 Å². The number of carbonyl (C=O) groups excluding carboxylic acids is 1. The summed E-state index contributed by atoms with van der Waals surface area (Å²) in [6.07, 6.45) is 0. The molecule has 0 unspecified atom stereocenters. The molecule has 1 heterocycles. The number of nitrogens with two attached hydrogens (primary N) is 1. The second-order valence-corrected chi connectivity index (χ2v) is 7.24. The van der Waals surface area contributed by atoms with E-state index >= 15 is 0 Å². The van der Waals surface area contributed by atoms with Gasteiger partial charge in [-0.3, -0.25) is 4.79 Å². The molecule has 0 spiro atoms. The van der Waals surface area contributed by atoms with Gasteiger partial charge in [0.25, 0.3) is 0 Å². The number of primary amides is 1. The normalized spacial score (nSPS) is 11.5. The lowest BCUT2D eigenvalue weighted by molar-refractivity contribution is 0.0940. The standard InChI is InChI=1S/C20H19ClF2N4O2/c1-4-27-18(13-7-5-11(17(24)28)9-15(13)23)25-26-19(27)20(2,3)29-16-8-6-12(22)10-14(16)21/h5-10H,4H2,1-3H3,(H2,24,28). The third kappa shape index (κ3) is 4.07. The minimum Gasteiger partial charge on any atom is -0.478 e. The monoisotopic (exact) mass is 420 g/mol. The smallest absolute Gasteiger partial charge is 0.248 e. The Balaban J connectivity index is 2.01. The highest BCUT2D eigenvalue weighted by Gasteiger charge is 2.32. The van der Waals surface area contributed by atoms with E-state index in [9.17, 15) is 13.6 Å². The zero-order chi connectivity index (χ0) is 21.3. The van der Waals surface area contributed by atoms with Gasteiger partial charge in [0.05, 0.1) is 10.6 Å². The van der Waals surface area contributed by atoms with Crippen LogP contribution in [0.3, 0.4) is 0 Å². The maximum Gasteiger partial charge on any atom is 0.248 e. The van der Waals surface area contributed by atoms with Crippen molar-refractivity contribution >= 4 is 17.5 Å². The lowest BCUT2D eigenvalue weighted by Gasteiger charge is -2.26. The zero-order valence-corrected chi connectivity index (χ0v) is 16.8. The number of carbonyl (C=O) groups is 1. The number of ether oxygens (including phenoxy) is 1. The van der Waals surface area contributed by atoms with Crippen LogP contribution in [-0.2, 0) is 12.1 Å². The van der Waals surface area contributed by atoms with Crippen LogP contribution in [0.4, 0.5) is 8.78 Å². The van der Waals surface area contributed by atoms with E-state index in [4.69, 9.17) is 22.1 Å². The first-order chi connectivity index (χ1) is 13.6. The van der Waals surface area contributed by atoms with Crippen LogP contribution in [0.25, 0.3) is 11.4 Å². The van der Waals surface area contributed by atoms with Crippen molar-refractivity contribution in [2.24, 2.45) is 5.73 Å². The molecular formula is C20H19ClF2N4O2. The molecule has 0 saturated heterocycles. The summed E-state index contributed by atoms with van der Waals surface area (Å²) in [4.78, 5) is 11.3. The first-order valence-electron chi connectivity index (χ1n) is 8.81. The molecule has 0 aliphatic carbocycles. The summed E-state index contributed by atoms with van der Waals surface area (Å²) in [6, 6.07) is 7.73. The Morgan fingerprint density at radius 1 is 1.21 bits per heavy atom. The van der Waals surface area contributed by atoms with Crippen LogP contribution in [0.1, 0.15) is 37.0 Å². The molecular weight excluding hydrogens is 402 g/mol. The van der Waals surface area contributed by atoms with Crippen LogP contribution in [-0.4, -0.2) is 20.7 Å². The predicted octanol–water partition coefficient (Wildman–Crippen LogP) is 4.31. The highest BCUT2D eigenvalue weighted by molar-refractivity contribution is 6.32. The second-order valence-electron chi connectivity index (χ2n) is 6.84. The number of nitrogens with zero attached hydrogens (tertiary/aromatic N) is 3. The average Bonchev–Trinajstić information content (AvgIpc) is 3.08. The Morgan fingerprint density at radius 3 is 2.52 bits per heavy atom. The van der Waals surface area contributed by atoms with Crippen LogP contribution in [0.5, 0.6) is 5.75 Å². The molecule has 0 aliphatic rings. The first-order valence-corrected chi connectivity index (χ1v) is 9.19. The summed E-state index contributed by atoms with van der Waals surface area (Å²) >= 11 is 6.06. The van der Waals surface area contributed by atoms with Crippen molar-refractivity contribution in [2.75, 3.05) is 0 Å². The van der Waals surface area contributed by atoms with E-state index < -0.39 is 23.1 Å². The third-order valence-corrected chi connectivity index (χ3v) is 4.65. The van der Waals surface area contributed by atoms with Gasteiger partial charge < -0.3 is 15.0 Å². The van der Waals surface area contributed by atoms with E-state index in [-0.39, 0.29) is 27.7 Å². The Hall–Kier alpha value is -3.00. The van der Waals surface area contributed by atoms with Gasteiger partial charge >= 0.3 is 0 Å². The zero-order valence-electron chi connectivity index (χ0n) is 16.0. The van der Waals surface area contributed by atoms with Crippen molar-refractivity contribution in [3.05, 3.63) is 64.4 Å². The molecule has 3 rings (SSSR count). The maximum absolute atomic E-state index is 14.6. The summed E-state index contributed by atoms with van der Waals surface area (Å²) in [5.74, 6) is -0.864. The van der Waals surface area contributed by atoms with Crippen molar-refractivity contribution in [3.8, 4) is 17.1 Å². The predicted molar refractivity (Wildman–Crippen MR) is 105 cm³/mol. The molecule has 0 bridgehead atoms. The van der Waals surface area contributed by atoms with Gasteiger partial charge in [-0.1, -0.05) is 11.6 Å². The quantitative estimate of drug-likeness (QED) is 0.644. The summed E-state index contributed by atoms with van der Waals surface area (Å²) in [5, 5.41) is 8.43. The number of rotatable bonds is 6. The fourth-order valence-corrected chi connectivity index (χ4v) is 3.18.